The summed E-state index contributed by atoms with van der Waals surface area (Å²) in [6, 6.07) is 8.49. The van der Waals surface area contributed by atoms with E-state index in [2.05, 4.69) is 36.2 Å². The third-order valence-electron chi connectivity index (χ3n) is 3.42. The van der Waals surface area contributed by atoms with Crippen molar-refractivity contribution in [2.24, 2.45) is 0 Å². The Bertz CT molecular complexity index is 554. The lowest BCUT2D eigenvalue weighted by atomic mass is 10.1. The Hall–Kier alpha value is -1.81. The fraction of sp³-hybridized carbons (Fsp3) is 0.400. The smallest absolute Gasteiger partial charge is 0.133 e. The Morgan fingerprint density at radius 2 is 2.11 bits per heavy atom. The molecule has 0 spiro atoms. The first-order chi connectivity index (χ1) is 9.11. The number of hydrogen-bond donors (Lipinski definition) is 1. The van der Waals surface area contributed by atoms with Gasteiger partial charge in [-0.05, 0) is 50.7 Å². The van der Waals surface area contributed by atoms with Crippen LogP contribution in [-0.4, -0.2) is 43.7 Å². The average molecular weight is 259 g/mol. The van der Waals surface area contributed by atoms with Gasteiger partial charge in [0, 0.05) is 24.2 Å². The van der Waals surface area contributed by atoms with Gasteiger partial charge < -0.3 is 15.0 Å². The summed E-state index contributed by atoms with van der Waals surface area (Å²) >= 11 is 0. The van der Waals surface area contributed by atoms with Crippen LogP contribution in [-0.2, 0) is 0 Å². The Kier molecular flexibility index (Phi) is 4.22. The molecule has 1 unspecified atom stereocenters. The maximum absolute atomic E-state index is 5.24. The molecule has 4 heteroatoms. The van der Waals surface area contributed by atoms with E-state index in [0.29, 0.717) is 6.04 Å². The first-order valence-electron chi connectivity index (χ1n) is 6.45. The Morgan fingerprint density at radius 1 is 1.32 bits per heavy atom. The van der Waals surface area contributed by atoms with Crippen LogP contribution in [0.2, 0.25) is 0 Å². The number of rotatable bonds is 5. The van der Waals surface area contributed by atoms with E-state index in [9.17, 15) is 0 Å². The molecule has 0 fully saturated rings. The first-order valence-corrected chi connectivity index (χ1v) is 6.45. The number of methoxy groups -OCH3 is 1. The number of likely N-dealkylation sites (N-methyl/N-ethyl adjacent to an activating group) is 1. The lowest BCUT2D eigenvalue weighted by Crippen LogP contribution is -2.31. The molecule has 0 saturated carbocycles. The summed E-state index contributed by atoms with van der Waals surface area (Å²) in [6.07, 6.45) is 1.82. The second kappa shape index (κ2) is 5.89. The number of aromatic nitrogens is 1. The minimum Gasteiger partial charge on any atom is -0.497 e. The van der Waals surface area contributed by atoms with Crippen LogP contribution in [0.1, 0.15) is 6.92 Å². The zero-order chi connectivity index (χ0) is 13.8. The van der Waals surface area contributed by atoms with Gasteiger partial charge in [0.15, 0.2) is 0 Å². The fourth-order valence-electron chi connectivity index (χ4n) is 1.85. The van der Waals surface area contributed by atoms with E-state index in [1.54, 1.807) is 7.11 Å². The molecule has 102 valence electrons. The van der Waals surface area contributed by atoms with Crippen LogP contribution in [0.15, 0.2) is 30.5 Å². The summed E-state index contributed by atoms with van der Waals surface area (Å²) in [5.41, 5.74) is 0. The van der Waals surface area contributed by atoms with Crippen LogP contribution in [0.4, 0.5) is 5.82 Å². The Morgan fingerprint density at radius 3 is 2.79 bits per heavy atom. The molecular weight excluding hydrogens is 238 g/mol. The van der Waals surface area contributed by atoms with E-state index in [-0.39, 0.29) is 0 Å². The van der Waals surface area contributed by atoms with Crippen LogP contribution >= 0.6 is 0 Å². The van der Waals surface area contributed by atoms with Gasteiger partial charge >= 0.3 is 0 Å². The third-order valence-corrected chi connectivity index (χ3v) is 3.42. The van der Waals surface area contributed by atoms with Gasteiger partial charge in [-0.2, -0.15) is 0 Å². The molecule has 0 radical (unpaired) electrons. The van der Waals surface area contributed by atoms with Crippen molar-refractivity contribution in [1.82, 2.24) is 9.88 Å². The molecule has 1 atom stereocenters. The molecule has 0 bridgehead atoms. The topological polar surface area (TPSA) is 37.4 Å². The van der Waals surface area contributed by atoms with Gasteiger partial charge in [-0.25, -0.2) is 4.98 Å². The molecule has 19 heavy (non-hydrogen) atoms. The zero-order valence-electron chi connectivity index (χ0n) is 12.0. The summed E-state index contributed by atoms with van der Waals surface area (Å²) < 4.78 is 5.24. The highest BCUT2D eigenvalue weighted by Crippen LogP contribution is 2.25. The van der Waals surface area contributed by atoms with E-state index in [1.807, 2.05) is 30.5 Å². The minimum absolute atomic E-state index is 0.454. The molecule has 0 amide bonds. The van der Waals surface area contributed by atoms with Crippen LogP contribution in [0.5, 0.6) is 5.75 Å². The highest BCUT2D eigenvalue weighted by molar-refractivity contribution is 5.92. The average Bonchev–Trinajstić information content (AvgIpc) is 2.43. The molecule has 2 aromatic rings. The molecule has 1 N–H and O–H groups in total. The molecule has 0 aliphatic carbocycles. The highest BCUT2D eigenvalue weighted by atomic mass is 16.5. The van der Waals surface area contributed by atoms with Crippen molar-refractivity contribution in [3.63, 3.8) is 0 Å². The maximum Gasteiger partial charge on any atom is 0.133 e. The quantitative estimate of drug-likeness (QED) is 0.895. The number of nitrogens with zero attached hydrogens (tertiary/aromatic N) is 2. The van der Waals surface area contributed by atoms with Gasteiger partial charge in [0.25, 0.3) is 0 Å². The second-order valence-corrected chi connectivity index (χ2v) is 4.94. The Balaban J connectivity index is 2.23. The van der Waals surface area contributed by atoms with E-state index < -0.39 is 0 Å². The third kappa shape index (κ3) is 3.15. The monoisotopic (exact) mass is 259 g/mol. The normalized spacial score (nSPS) is 12.7. The van der Waals surface area contributed by atoms with Gasteiger partial charge in [-0.15, -0.1) is 0 Å². The van der Waals surface area contributed by atoms with E-state index in [1.165, 1.54) is 0 Å². The van der Waals surface area contributed by atoms with Crippen molar-refractivity contribution in [2.75, 3.05) is 33.1 Å². The number of nitrogens with one attached hydrogen (secondary N) is 1. The van der Waals surface area contributed by atoms with Crippen molar-refractivity contribution < 1.29 is 4.74 Å². The zero-order valence-corrected chi connectivity index (χ0v) is 12.0. The largest absolute Gasteiger partial charge is 0.497 e. The lowest BCUT2D eigenvalue weighted by molar-refractivity contribution is 0.326. The number of ether oxygens (including phenoxy) is 1. The summed E-state index contributed by atoms with van der Waals surface area (Å²) in [4.78, 5) is 6.60. The van der Waals surface area contributed by atoms with Crippen molar-refractivity contribution in [3.05, 3.63) is 30.5 Å². The minimum atomic E-state index is 0.454. The molecule has 2 rings (SSSR count). The molecular formula is C15H21N3O. The fourth-order valence-corrected chi connectivity index (χ4v) is 1.85. The van der Waals surface area contributed by atoms with Crippen molar-refractivity contribution >= 4 is 16.6 Å². The summed E-state index contributed by atoms with van der Waals surface area (Å²) in [6.45, 7) is 3.05. The number of anilines is 1. The standard InChI is InChI=1S/C15H21N3O/c1-11(18(2)3)10-17-15-14-6-5-13(19-4)9-12(14)7-8-16-15/h5-9,11H,10H2,1-4H3,(H,16,17). The van der Waals surface area contributed by atoms with Crippen molar-refractivity contribution in [2.45, 2.75) is 13.0 Å². The number of fused-ring (bicyclic) bond motifs is 1. The molecule has 0 aliphatic rings. The molecule has 1 aromatic carbocycles. The van der Waals surface area contributed by atoms with Crippen LogP contribution in [0, 0.1) is 0 Å². The van der Waals surface area contributed by atoms with Gasteiger partial charge in [0.05, 0.1) is 7.11 Å². The predicted octanol–water partition coefficient (Wildman–Crippen LogP) is 2.61. The summed E-state index contributed by atoms with van der Waals surface area (Å²) in [5, 5.41) is 5.67. The van der Waals surface area contributed by atoms with Crippen LogP contribution in [0.3, 0.4) is 0 Å². The summed E-state index contributed by atoms with van der Waals surface area (Å²) in [7, 11) is 5.84. The molecule has 4 nitrogen and oxygen atoms in total. The van der Waals surface area contributed by atoms with Crippen LogP contribution < -0.4 is 10.1 Å². The van der Waals surface area contributed by atoms with Crippen molar-refractivity contribution in [3.8, 4) is 5.75 Å². The molecule has 1 aromatic heterocycles. The molecule has 0 saturated heterocycles. The van der Waals surface area contributed by atoms with E-state index >= 15 is 0 Å². The van der Waals surface area contributed by atoms with Crippen molar-refractivity contribution in [1.29, 1.82) is 0 Å². The van der Waals surface area contributed by atoms with E-state index in [4.69, 9.17) is 4.74 Å². The van der Waals surface area contributed by atoms with Gasteiger partial charge in [-0.1, -0.05) is 0 Å². The summed E-state index contributed by atoms with van der Waals surface area (Å²) in [5.74, 6) is 1.79. The van der Waals surface area contributed by atoms with Gasteiger partial charge in [-0.3, -0.25) is 0 Å². The Labute approximate surface area is 114 Å². The second-order valence-electron chi connectivity index (χ2n) is 4.94. The van der Waals surface area contributed by atoms with Crippen LogP contribution in [0.25, 0.3) is 10.8 Å². The number of benzene rings is 1. The lowest BCUT2D eigenvalue weighted by Gasteiger charge is -2.20. The predicted molar refractivity (Wildman–Crippen MR) is 79.9 cm³/mol. The van der Waals surface area contributed by atoms with Gasteiger partial charge in [0.2, 0.25) is 0 Å². The van der Waals surface area contributed by atoms with E-state index in [0.717, 1.165) is 28.9 Å². The molecule has 0 aliphatic heterocycles. The SMILES string of the molecule is COc1ccc2c(NCC(C)N(C)C)nccc2c1. The number of hydrogen-bond acceptors (Lipinski definition) is 4. The maximum atomic E-state index is 5.24. The number of pyridine rings is 1. The highest BCUT2D eigenvalue weighted by Gasteiger charge is 2.07. The first kappa shape index (κ1) is 13.6. The van der Waals surface area contributed by atoms with Gasteiger partial charge in [0.1, 0.15) is 11.6 Å². The molecule has 1 heterocycles.